The Kier molecular flexibility index (Phi) is 6.91. The topological polar surface area (TPSA) is 67.9 Å². The monoisotopic (exact) mass is 465 g/mol. The van der Waals surface area contributed by atoms with Crippen molar-refractivity contribution in [2.24, 2.45) is 0 Å². The summed E-state index contributed by atoms with van der Waals surface area (Å²) in [5.41, 5.74) is 1.78. The van der Waals surface area contributed by atoms with E-state index in [1.54, 1.807) is 7.11 Å². The molecule has 0 radical (unpaired) electrons. The minimum Gasteiger partial charge on any atom is -0.497 e. The van der Waals surface area contributed by atoms with Crippen molar-refractivity contribution >= 4 is 38.4 Å². The fraction of sp³-hybridized carbons (Fsp3) is 0.308. The summed E-state index contributed by atoms with van der Waals surface area (Å²) in [6.07, 6.45) is -0.937. The second-order valence-electron chi connectivity index (χ2n) is 8.30. The number of hydrogen-bond acceptors (Lipinski definition) is 6. The van der Waals surface area contributed by atoms with Crippen LogP contribution in [0.1, 0.15) is 18.5 Å². The average molecular weight is 466 g/mol. The summed E-state index contributed by atoms with van der Waals surface area (Å²) in [5.74, 6) is 0.909. The van der Waals surface area contributed by atoms with Gasteiger partial charge in [-0.25, -0.2) is 4.79 Å². The molecule has 0 saturated heterocycles. The van der Waals surface area contributed by atoms with Crippen molar-refractivity contribution in [3.05, 3.63) is 66.2 Å². The Morgan fingerprint density at radius 2 is 1.79 bits per heavy atom. The zero-order valence-corrected chi connectivity index (χ0v) is 20.1. The molecule has 6 nitrogen and oxygen atoms in total. The molecular formula is C26H29N2O4S+. The van der Waals surface area contributed by atoms with Crippen LogP contribution in [0.4, 0.5) is 5.69 Å². The molecule has 0 spiro atoms. The highest BCUT2D eigenvalue weighted by Gasteiger charge is 2.49. The maximum Gasteiger partial charge on any atom is 0.379 e. The van der Waals surface area contributed by atoms with Crippen LogP contribution in [0.2, 0.25) is 0 Å². The van der Waals surface area contributed by atoms with Gasteiger partial charge in [0.05, 0.1) is 12.8 Å². The van der Waals surface area contributed by atoms with Gasteiger partial charge in [0.15, 0.2) is 4.90 Å². The number of ether oxygens (including phenoxy) is 2. The van der Waals surface area contributed by atoms with Crippen molar-refractivity contribution in [1.82, 2.24) is 4.90 Å². The number of hydrogen-bond donors (Lipinski definition) is 1. The highest BCUT2D eigenvalue weighted by molar-refractivity contribution is 8.11. The van der Waals surface area contributed by atoms with Crippen molar-refractivity contribution in [1.29, 1.82) is 0 Å². The maximum absolute atomic E-state index is 14.0. The molecule has 3 aromatic rings. The van der Waals surface area contributed by atoms with Gasteiger partial charge in [-0.05, 0) is 49.3 Å². The largest absolute Gasteiger partial charge is 0.497 e. The molecule has 1 unspecified atom stereocenters. The first kappa shape index (κ1) is 23.1. The van der Waals surface area contributed by atoms with E-state index in [9.17, 15) is 9.59 Å². The molecule has 0 amide bonds. The molecule has 0 aromatic heterocycles. The number of carbonyl (C=O) groups is 2. The first-order valence-electron chi connectivity index (χ1n) is 10.9. The van der Waals surface area contributed by atoms with Crippen LogP contribution in [-0.4, -0.2) is 55.6 Å². The number of anilines is 1. The van der Waals surface area contributed by atoms with E-state index in [1.165, 1.54) is 6.92 Å². The van der Waals surface area contributed by atoms with E-state index < -0.39 is 29.0 Å². The minimum atomic E-state index is -0.937. The number of nitrogens with one attached hydrogen (secondary N) is 1. The van der Waals surface area contributed by atoms with E-state index in [-0.39, 0.29) is 5.12 Å². The van der Waals surface area contributed by atoms with Crippen LogP contribution in [0.3, 0.4) is 0 Å². The Labute approximate surface area is 197 Å². The molecule has 33 heavy (non-hydrogen) atoms. The number of rotatable bonds is 6. The van der Waals surface area contributed by atoms with E-state index >= 15 is 0 Å². The Hall–Kier alpha value is -3.03. The van der Waals surface area contributed by atoms with Gasteiger partial charge < -0.3 is 19.7 Å². The van der Waals surface area contributed by atoms with Crippen LogP contribution < -0.4 is 10.1 Å². The third-order valence-electron chi connectivity index (χ3n) is 5.74. The summed E-state index contributed by atoms with van der Waals surface area (Å²) in [6, 6.07) is 19.3. The number of methoxy groups -OCH3 is 1. The Bertz CT molecular complexity index is 1160. The Morgan fingerprint density at radius 3 is 2.45 bits per heavy atom. The highest BCUT2D eigenvalue weighted by atomic mass is 32.2. The number of carbonyl (C=O) groups excluding carboxylic acids is 2. The molecule has 0 bridgehead atoms. The quantitative estimate of drug-likeness (QED) is 0.438. The third-order valence-corrected chi connectivity index (χ3v) is 7.92. The van der Waals surface area contributed by atoms with Gasteiger partial charge in [-0.15, -0.1) is 0 Å². The predicted octanol–water partition coefficient (Wildman–Crippen LogP) is 4.01. The third kappa shape index (κ3) is 4.84. The molecule has 3 aromatic carbocycles. The SMILES string of the molecule is COc1ccc([C@@H]2Nc3c(ccc4ccccc34)[S+](CCN(C)C)C(=O)[C@H]2OC(C)=O)cc1. The zero-order valence-electron chi connectivity index (χ0n) is 19.3. The second kappa shape index (κ2) is 9.85. The van der Waals surface area contributed by atoms with Crippen LogP contribution in [0, 0.1) is 0 Å². The van der Waals surface area contributed by atoms with Crippen LogP contribution in [-0.2, 0) is 25.2 Å². The van der Waals surface area contributed by atoms with Crippen LogP contribution in [0.5, 0.6) is 5.75 Å². The molecule has 3 atom stereocenters. The van der Waals surface area contributed by atoms with Crippen LogP contribution in [0.25, 0.3) is 10.8 Å². The van der Waals surface area contributed by atoms with E-state index in [4.69, 9.17) is 9.47 Å². The van der Waals surface area contributed by atoms with Gasteiger partial charge in [0, 0.05) is 18.9 Å². The Balaban J connectivity index is 1.89. The van der Waals surface area contributed by atoms with Crippen molar-refractivity contribution < 1.29 is 19.1 Å². The first-order chi connectivity index (χ1) is 15.9. The lowest BCUT2D eigenvalue weighted by atomic mass is 10.00. The normalized spacial score (nSPS) is 20.2. The van der Waals surface area contributed by atoms with E-state index in [0.717, 1.165) is 39.2 Å². The van der Waals surface area contributed by atoms with E-state index in [0.29, 0.717) is 5.75 Å². The summed E-state index contributed by atoms with van der Waals surface area (Å²) in [5, 5.41) is 5.69. The second-order valence-corrected chi connectivity index (χ2v) is 10.3. The molecule has 0 aliphatic carbocycles. The molecule has 1 aliphatic rings. The van der Waals surface area contributed by atoms with Crippen LogP contribution in [0.15, 0.2) is 65.6 Å². The van der Waals surface area contributed by atoms with E-state index in [2.05, 4.69) is 28.4 Å². The average Bonchev–Trinajstić information content (AvgIpc) is 2.92. The number of fused-ring (bicyclic) bond motifs is 3. The van der Waals surface area contributed by atoms with Gasteiger partial charge in [0.1, 0.15) is 28.4 Å². The number of esters is 1. The number of benzene rings is 3. The molecule has 172 valence electrons. The molecule has 1 N–H and O–H groups in total. The molecule has 1 heterocycles. The van der Waals surface area contributed by atoms with Crippen molar-refractivity contribution in [2.45, 2.75) is 24.0 Å². The van der Waals surface area contributed by atoms with Crippen molar-refractivity contribution in [3.63, 3.8) is 0 Å². The Morgan fingerprint density at radius 1 is 1.06 bits per heavy atom. The van der Waals surface area contributed by atoms with Gasteiger partial charge in [0.25, 0.3) is 0 Å². The fourth-order valence-corrected chi connectivity index (χ4v) is 6.37. The molecule has 0 saturated carbocycles. The smallest absolute Gasteiger partial charge is 0.379 e. The van der Waals surface area contributed by atoms with Gasteiger partial charge in [-0.1, -0.05) is 36.4 Å². The molecule has 4 rings (SSSR count). The van der Waals surface area contributed by atoms with Crippen molar-refractivity contribution in [2.75, 3.05) is 38.8 Å². The molecular weight excluding hydrogens is 436 g/mol. The fourth-order valence-electron chi connectivity index (χ4n) is 4.07. The zero-order chi connectivity index (χ0) is 23.5. The summed E-state index contributed by atoms with van der Waals surface area (Å²) in [4.78, 5) is 29.1. The minimum absolute atomic E-state index is 0.0607. The highest BCUT2D eigenvalue weighted by Crippen LogP contribution is 2.41. The lowest BCUT2D eigenvalue weighted by Gasteiger charge is -2.24. The van der Waals surface area contributed by atoms with Gasteiger partial charge in [-0.2, -0.15) is 0 Å². The molecule has 7 heteroatoms. The number of nitrogens with zero attached hydrogens (tertiary/aromatic N) is 1. The maximum atomic E-state index is 14.0. The summed E-state index contributed by atoms with van der Waals surface area (Å²) in [6.45, 7) is 2.10. The van der Waals surface area contributed by atoms with Crippen LogP contribution >= 0.6 is 0 Å². The summed E-state index contributed by atoms with van der Waals surface area (Å²) < 4.78 is 11.0. The lowest BCUT2D eigenvalue weighted by molar-refractivity contribution is -0.151. The first-order valence-corrected chi connectivity index (χ1v) is 12.3. The summed E-state index contributed by atoms with van der Waals surface area (Å²) >= 11 is 0. The summed E-state index contributed by atoms with van der Waals surface area (Å²) in [7, 11) is 4.85. The van der Waals surface area contributed by atoms with Crippen molar-refractivity contribution in [3.8, 4) is 5.75 Å². The van der Waals surface area contributed by atoms with E-state index in [1.807, 2.05) is 56.6 Å². The molecule has 0 fully saturated rings. The van der Waals surface area contributed by atoms with Gasteiger partial charge in [0.2, 0.25) is 6.10 Å². The lowest BCUT2D eigenvalue weighted by Crippen LogP contribution is -2.40. The molecule has 1 aliphatic heterocycles. The standard InChI is InChI=1S/C26H29N2O4S/c1-17(29)32-25-23(19-9-12-20(31-4)13-10-19)27-24-21-8-6-5-7-18(21)11-14-22(24)33(26(25)30)16-15-28(2)3/h5-14,23,25,27H,15-16H2,1-4H3/q+1/t23-,25-,33?/m0/s1. The van der Waals surface area contributed by atoms with Gasteiger partial charge in [-0.3, -0.25) is 4.79 Å². The predicted molar refractivity (Wildman–Crippen MR) is 133 cm³/mol. The van der Waals surface area contributed by atoms with Gasteiger partial charge >= 0.3 is 11.1 Å².